The Kier molecular flexibility index (Phi) is 4.55. The summed E-state index contributed by atoms with van der Waals surface area (Å²) in [6.07, 6.45) is 11.3. The van der Waals surface area contributed by atoms with Crippen LogP contribution in [0.1, 0.15) is 37.8 Å². The van der Waals surface area contributed by atoms with Crippen molar-refractivity contribution < 1.29 is 4.79 Å². The van der Waals surface area contributed by atoms with Crippen molar-refractivity contribution in [1.29, 1.82) is 0 Å². The Labute approximate surface area is 149 Å². The number of pyridine rings is 1. The van der Waals surface area contributed by atoms with Crippen LogP contribution < -0.4 is 0 Å². The maximum absolute atomic E-state index is 12.6. The topological polar surface area (TPSA) is 51.0 Å². The van der Waals surface area contributed by atoms with Gasteiger partial charge >= 0.3 is 0 Å². The molecule has 1 unspecified atom stereocenters. The first-order chi connectivity index (χ1) is 12.2. The van der Waals surface area contributed by atoms with E-state index in [0.717, 1.165) is 50.3 Å². The van der Waals surface area contributed by atoms with Crippen LogP contribution in [-0.4, -0.2) is 38.4 Å². The van der Waals surface area contributed by atoms with E-state index in [4.69, 9.17) is 0 Å². The van der Waals surface area contributed by atoms with E-state index in [1.54, 1.807) is 6.20 Å². The highest BCUT2D eigenvalue weighted by atomic mass is 16.2. The predicted octanol–water partition coefficient (Wildman–Crippen LogP) is 3.29. The summed E-state index contributed by atoms with van der Waals surface area (Å²) in [6.45, 7) is 4.82. The normalized spacial score (nSPS) is 21.2. The van der Waals surface area contributed by atoms with Crippen LogP contribution in [0.2, 0.25) is 0 Å². The van der Waals surface area contributed by atoms with Gasteiger partial charge in [0.2, 0.25) is 5.91 Å². The molecule has 4 rings (SSSR count). The van der Waals surface area contributed by atoms with Gasteiger partial charge in [-0.2, -0.15) is 0 Å². The van der Waals surface area contributed by atoms with E-state index in [9.17, 15) is 4.79 Å². The maximum Gasteiger partial charge on any atom is 0.225 e. The molecule has 0 spiro atoms. The number of hydrogen-bond donors (Lipinski definition) is 0. The Morgan fingerprint density at radius 1 is 1.24 bits per heavy atom. The molecule has 1 aliphatic heterocycles. The van der Waals surface area contributed by atoms with Crippen molar-refractivity contribution in [3.05, 3.63) is 36.4 Å². The van der Waals surface area contributed by atoms with Crippen LogP contribution in [0, 0.1) is 18.8 Å². The summed E-state index contributed by atoms with van der Waals surface area (Å²) in [6, 6.07) is 4.00. The molecule has 0 N–H and O–H groups in total. The number of aromatic nitrogens is 3. The van der Waals surface area contributed by atoms with Gasteiger partial charge in [0.05, 0.1) is 0 Å². The second-order valence-electron chi connectivity index (χ2n) is 7.50. The zero-order chi connectivity index (χ0) is 17.2. The second-order valence-corrected chi connectivity index (χ2v) is 7.50. The van der Waals surface area contributed by atoms with Gasteiger partial charge in [0.25, 0.3) is 0 Å². The molecule has 25 heavy (non-hydrogen) atoms. The largest absolute Gasteiger partial charge is 0.342 e. The van der Waals surface area contributed by atoms with E-state index in [1.807, 2.05) is 18.5 Å². The number of nitrogens with zero attached hydrogens (tertiary/aromatic N) is 4. The first-order valence-corrected chi connectivity index (χ1v) is 9.43. The summed E-state index contributed by atoms with van der Waals surface area (Å²) in [5, 5.41) is 0. The van der Waals surface area contributed by atoms with Gasteiger partial charge in [-0.15, -0.1) is 0 Å². The van der Waals surface area contributed by atoms with Crippen LogP contribution >= 0.6 is 0 Å². The number of rotatable bonds is 4. The average Bonchev–Trinajstić information content (AvgIpc) is 3.38. The minimum absolute atomic E-state index is 0.291. The van der Waals surface area contributed by atoms with Crippen molar-refractivity contribution in [1.82, 2.24) is 19.4 Å². The Bertz CT molecular complexity index is 733. The van der Waals surface area contributed by atoms with Crippen LogP contribution in [0.25, 0.3) is 11.4 Å². The molecule has 1 aliphatic carbocycles. The lowest BCUT2D eigenvalue weighted by Crippen LogP contribution is -2.33. The number of carbonyl (C=O) groups is 1. The SMILES string of the molecule is Cc1cnc(-c2cccnc2)n1CC1CCN(C(=O)C2CCCC2)C1. The highest BCUT2D eigenvalue weighted by Crippen LogP contribution is 2.30. The van der Waals surface area contributed by atoms with Gasteiger partial charge < -0.3 is 9.47 Å². The molecule has 2 aliphatic rings. The molecular weight excluding hydrogens is 312 g/mol. The minimum Gasteiger partial charge on any atom is -0.342 e. The van der Waals surface area contributed by atoms with Gasteiger partial charge in [-0.1, -0.05) is 12.8 Å². The molecule has 1 saturated carbocycles. The molecule has 2 aromatic rings. The molecular formula is C20H26N4O. The number of imidazole rings is 1. The third-order valence-corrected chi connectivity index (χ3v) is 5.72. The first-order valence-electron chi connectivity index (χ1n) is 9.43. The smallest absolute Gasteiger partial charge is 0.225 e. The zero-order valence-electron chi connectivity index (χ0n) is 14.9. The van der Waals surface area contributed by atoms with E-state index in [2.05, 4.69) is 32.4 Å². The molecule has 0 radical (unpaired) electrons. The third-order valence-electron chi connectivity index (χ3n) is 5.72. The van der Waals surface area contributed by atoms with Gasteiger partial charge in [-0.3, -0.25) is 9.78 Å². The van der Waals surface area contributed by atoms with Gasteiger partial charge in [0, 0.05) is 55.4 Å². The fourth-order valence-corrected chi connectivity index (χ4v) is 4.29. The number of amides is 1. The zero-order valence-corrected chi connectivity index (χ0v) is 14.9. The van der Waals surface area contributed by atoms with Crippen LogP contribution in [0.5, 0.6) is 0 Å². The molecule has 5 nitrogen and oxygen atoms in total. The molecule has 0 bridgehead atoms. The first kappa shape index (κ1) is 16.3. The molecule has 132 valence electrons. The van der Waals surface area contributed by atoms with Gasteiger partial charge in [-0.05, 0) is 44.2 Å². The number of hydrogen-bond acceptors (Lipinski definition) is 3. The van der Waals surface area contributed by atoms with E-state index in [-0.39, 0.29) is 0 Å². The quantitative estimate of drug-likeness (QED) is 0.859. The lowest BCUT2D eigenvalue weighted by molar-refractivity contribution is -0.134. The van der Waals surface area contributed by atoms with Gasteiger partial charge in [0.15, 0.2) is 0 Å². The summed E-state index contributed by atoms with van der Waals surface area (Å²) in [5.41, 5.74) is 2.21. The van der Waals surface area contributed by atoms with Crippen LogP contribution in [0.4, 0.5) is 0 Å². The molecule has 1 amide bonds. The minimum atomic E-state index is 0.291. The maximum atomic E-state index is 12.6. The van der Waals surface area contributed by atoms with Crippen LogP contribution in [-0.2, 0) is 11.3 Å². The fraction of sp³-hybridized carbons (Fsp3) is 0.550. The second kappa shape index (κ2) is 6.98. The summed E-state index contributed by atoms with van der Waals surface area (Å²) < 4.78 is 2.28. The lowest BCUT2D eigenvalue weighted by atomic mass is 10.1. The van der Waals surface area contributed by atoms with Gasteiger partial charge in [0.1, 0.15) is 5.82 Å². The van der Waals surface area contributed by atoms with Gasteiger partial charge in [-0.25, -0.2) is 4.98 Å². The lowest BCUT2D eigenvalue weighted by Gasteiger charge is -2.21. The monoisotopic (exact) mass is 338 g/mol. The Morgan fingerprint density at radius 3 is 2.84 bits per heavy atom. The number of carbonyl (C=O) groups excluding carboxylic acids is 1. The molecule has 1 atom stereocenters. The van der Waals surface area contributed by atoms with Crippen molar-refractivity contribution in [2.24, 2.45) is 11.8 Å². The van der Waals surface area contributed by atoms with E-state index in [0.29, 0.717) is 17.7 Å². The standard InChI is InChI=1S/C20H26N4O/c1-15-11-22-19(18-7-4-9-21-12-18)24(15)14-16-8-10-23(13-16)20(25)17-5-2-3-6-17/h4,7,9,11-12,16-17H,2-3,5-6,8,10,13-14H2,1H3. The van der Waals surface area contributed by atoms with Crippen molar-refractivity contribution in [2.45, 2.75) is 45.6 Å². The van der Waals surface area contributed by atoms with Crippen molar-refractivity contribution in [3.63, 3.8) is 0 Å². The molecule has 2 fully saturated rings. The van der Waals surface area contributed by atoms with E-state index < -0.39 is 0 Å². The molecule has 0 aromatic carbocycles. The fourth-order valence-electron chi connectivity index (χ4n) is 4.29. The molecule has 2 aromatic heterocycles. The summed E-state index contributed by atoms with van der Waals surface area (Å²) in [5.74, 6) is 2.18. The van der Waals surface area contributed by atoms with E-state index in [1.165, 1.54) is 18.5 Å². The average molecular weight is 338 g/mol. The third kappa shape index (κ3) is 3.32. The Balaban J connectivity index is 1.45. The summed E-state index contributed by atoms with van der Waals surface area (Å²) in [4.78, 5) is 23.6. The van der Waals surface area contributed by atoms with Crippen LogP contribution in [0.3, 0.4) is 0 Å². The molecule has 5 heteroatoms. The Morgan fingerprint density at radius 2 is 2.08 bits per heavy atom. The van der Waals surface area contributed by atoms with E-state index >= 15 is 0 Å². The Hall–Kier alpha value is -2.17. The van der Waals surface area contributed by atoms with Crippen molar-refractivity contribution in [2.75, 3.05) is 13.1 Å². The highest BCUT2D eigenvalue weighted by molar-refractivity contribution is 5.79. The summed E-state index contributed by atoms with van der Waals surface area (Å²) >= 11 is 0. The summed E-state index contributed by atoms with van der Waals surface area (Å²) in [7, 11) is 0. The highest BCUT2D eigenvalue weighted by Gasteiger charge is 2.32. The van der Waals surface area contributed by atoms with Crippen molar-refractivity contribution >= 4 is 5.91 Å². The number of aryl methyl sites for hydroxylation is 1. The molecule has 1 saturated heterocycles. The molecule has 3 heterocycles. The number of likely N-dealkylation sites (tertiary alicyclic amines) is 1. The van der Waals surface area contributed by atoms with Crippen LogP contribution in [0.15, 0.2) is 30.7 Å². The predicted molar refractivity (Wildman–Crippen MR) is 96.8 cm³/mol. The van der Waals surface area contributed by atoms with Crippen molar-refractivity contribution in [3.8, 4) is 11.4 Å².